The van der Waals surface area contributed by atoms with Crippen molar-refractivity contribution in [3.63, 3.8) is 0 Å². The van der Waals surface area contributed by atoms with Crippen LogP contribution in [0.1, 0.15) is 11.4 Å². The first kappa shape index (κ1) is 11.7. The number of aryl methyl sites for hydroxylation is 1. The van der Waals surface area contributed by atoms with E-state index in [9.17, 15) is 13.2 Å². The third-order valence-corrected chi connectivity index (χ3v) is 2.24. The first-order chi connectivity index (χ1) is 7.89. The predicted molar refractivity (Wildman–Crippen MR) is 56.5 cm³/mol. The van der Waals surface area contributed by atoms with Crippen LogP contribution in [0, 0.1) is 6.92 Å². The van der Waals surface area contributed by atoms with E-state index >= 15 is 0 Å². The second-order valence-electron chi connectivity index (χ2n) is 3.52. The Morgan fingerprint density at radius 1 is 1.18 bits per heavy atom. The van der Waals surface area contributed by atoms with Gasteiger partial charge in [0.25, 0.3) is 0 Å². The lowest BCUT2D eigenvalue weighted by molar-refractivity contribution is -0.143. The molecule has 2 radical (unpaired) electrons. The fraction of sp³-hybridized carbons (Fsp3) is 0.200. The standard InChI is InChI=1S/C10H7BF3N3/c1-6-9(10(12,13)14)17(16-15-6)8-4-2-7(11)3-5-8/h2-5H,1H3. The topological polar surface area (TPSA) is 30.7 Å². The highest BCUT2D eigenvalue weighted by atomic mass is 19.4. The maximum Gasteiger partial charge on any atom is 0.435 e. The zero-order valence-corrected chi connectivity index (χ0v) is 8.86. The summed E-state index contributed by atoms with van der Waals surface area (Å²) in [5.41, 5.74) is -0.289. The van der Waals surface area contributed by atoms with Crippen LogP contribution in [0.4, 0.5) is 13.2 Å². The molecule has 7 heteroatoms. The van der Waals surface area contributed by atoms with Crippen LogP contribution in [-0.2, 0) is 6.18 Å². The molecule has 86 valence electrons. The van der Waals surface area contributed by atoms with Crippen molar-refractivity contribution in [2.45, 2.75) is 13.1 Å². The van der Waals surface area contributed by atoms with Crippen molar-refractivity contribution in [3.05, 3.63) is 35.7 Å². The van der Waals surface area contributed by atoms with Gasteiger partial charge in [-0.1, -0.05) is 22.8 Å². The summed E-state index contributed by atoms with van der Waals surface area (Å²) in [6.45, 7) is 1.27. The lowest BCUT2D eigenvalue weighted by Gasteiger charge is -2.10. The monoisotopic (exact) mass is 237 g/mol. The molecule has 0 N–H and O–H groups in total. The van der Waals surface area contributed by atoms with Crippen LogP contribution < -0.4 is 5.46 Å². The summed E-state index contributed by atoms with van der Waals surface area (Å²) in [5, 5.41) is 6.93. The Kier molecular flexibility index (Phi) is 2.69. The van der Waals surface area contributed by atoms with Gasteiger partial charge >= 0.3 is 6.18 Å². The van der Waals surface area contributed by atoms with Gasteiger partial charge in [0.1, 0.15) is 7.85 Å². The van der Waals surface area contributed by atoms with Crippen molar-refractivity contribution in [1.29, 1.82) is 0 Å². The van der Waals surface area contributed by atoms with Gasteiger partial charge < -0.3 is 0 Å². The fourth-order valence-electron chi connectivity index (χ4n) is 1.48. The number of aromatic nitrogens is 3. The summed E-state index contributed by atoms with van der Waals surface area (Å²) in [6, 6.07) is 5.93. The highest BCUT2D eigenvalue weighted by molar-refractivity contribution is 6.32. The lowest BCUT2D eigenvalue weighted by atomic mass is 9.96. The highest BCUT2D eigenvalue weighted by Gasteiger charge is 2.38. The summed E-state index contributed by atoms with van der Waals surface area (Å²) >= 11 is 0. The molecule has 0 saturated carbocycles. The molecule has 17 heavy (non-hydrogen) atoms. The van der Waals surface area contributed by atoms with E-state index in [4.69, 9.17) is 7.85 Å². The molecule has 0 fully saturated rings. The maximum absolute atomic E-state index is 12.8. The summed E-state index contributed by atoms with van der Waals surface area (Å²) in [4.78, 5) is 0. The Bertz CT molecular complexity index is 531. The molecule has 0 aliphatic rings. The van der Waals surface area contributed by atoms with Crippen LogP contribution in [-0.4, -0.2) is 22.8 Å². The van der Waals surface area contributed by atoms with E-state index < -0.39 is 11.9 Å². The molecule has 2 aromatic rings. The minimum absolute atomic E-state index is 0.158. The summed E-state index contributed by atoms with van der Waals surface area (Å²) in [7, 11) is 5.47. The Balaban J connectivity index is 2.57. The van der Waals surface area contributed by atoms with Crippen LogP contribution in [0.3, 0.4) is 0 Å². The van der Waals surface area contributed by atoms with Gasteiger partial charge in [-0.2, -0.15) is 13.2 Å². The van der Waals surface area contributed by atoms with Crippen LogP contribution in [0.2, 0.25) is 0 Å². The van der Waals surface area contributed by atoms with Crippen molar-refractivity contribution in [2.75, 3.05) is 0 Å². The van der Waals surface area contributed by atoms with Crippen molar-refractivity contribution in [1.82, 2.24) is 15.0 Å². The van der Waals surface area contributed by atoms with Crippen LogP contribution in [0.15, 0.2) is 24.3 Å². The van der Waals surface area contributed by atoms with Gasteiger partial charge in [-0.25, -0.2) is 4.68 Å². The zero-order chi connectivity index (χ0) is 12.6. The third kappa shape index (κ3) is 2.18. The Labute approximate surface area is 96.7 Å². The number of hydrogen-bond acceptors (Lipinski definition) is 2. The minimum atomic E-state index is -4.49. The zero-order valence-electron chi connectivity index (χ0n) is 8.86. The number of halogens is 3. The molecular weight excluding hydrogens is 230 g/mol. The molecule has 0 unspecified atom stereocenters. The molecule has 2 rings (SSSR count). The molecule has 0 aliphatic carbocycles. The molecule has 0 atom stereocenters. The number of hydrogen-bond donors (Lipinski definition) is 0. The van der Waals surface area contributed by atoms with Gasteiger partial charge in [0, 0.05) is 0 Å². The number of alkyl halides is 3. The molecule has 0 saturated heterocycles. The van der Waals surface area contributed by atoms with Crippen molar-refractivity contribution in [2.24, 2.45) is 0 Å². The molecule has 0 bridgehead atoms. The van der Waals surface area contributed by atoms with Gasteiger partial charge in [0.05, 0.1) is 11.4 Å². The molecule has 3 nitrogen and oxygen atoms in total. The van der Waals surface area contributed by atoms with Crippen molar-refractivity contribution in [3.8, 4) is 5.69 Å². The Hall–Kier alpha value is -1.79. The van der Waals surface area contributed by atoms with Crippen LogP contribution in [0.25, 0.3) is 5.69 Å². The number of rotatable bonds is 1. The Morgan fingerprint density at radius 3 is 2.29 bits per heavy atom. The second-order valence-corrected chi connectivity index (χ2v) is 3.52. The van der Waals surface area contributed by atoms with Gasteiger partial charge in [-0.15, -0.1) is 5.10 Å². The Morgan fingerprint density at radius 2 is 1.76 bits per heavy atom. The van der Waals surface area contributed by atoms with E-state index in [1.54, 1.807) is 0 Å². The maximum atomic E-state index is 12.8. The van der Waals surface area contributed by atoms with Crippen molar-refractivity contribution >= 4 is 13.3 Å². The molecule has 0 spiro atoms. The molecule has 1 heterocycles. The van der Waals surface area contributed by atoms with Crippen molar-refractivity contribution < 1.29 is 13.2 Å². The van der Waals surface area contributed by atoms with Crippen LogP contribution >= 0.6 is 0 Å². The van der Waals surface area contributed by atoms with Gasteiger partial charge in [-0.3, -0.25) is 0 Å². The normalized spacial score (nSPS) is 11.8. The summed E-state index contributed by atoms with van der Waals surface area (Å²) in [5.74, 6) is 0. The van der Waals surface area contributed by atoms with Gasteiger partial charge in [0.2, 0.25) is 0 Å². The largest absolute Gasteiger partial charge is 0.435 e. The van der Waals surface area contributed by atoms with E-state index in [0.29, 0.717) is 5.46 Å². The molecule has 1 aromatic carbocycles. The molecular formula is C10H7BF3N3. The van der Waals surface area contributed by atoms with E-state index in [2.05, 4.69) is 10.3 Å². The van der Waals surface area contributed by atoms with E-state index in [-0.39, 0.29) is 11.4 Å². The average molecular weight is 237 g/mol. The number of benzene rings is 1. The lowest BCUT2D eigenvalue weighted by Crippen LogP contribution is -2.15. The van der Waals surface area contributed by atoms with Gasteiger partial charge in [-0.05, 0) is 19.1 Å². The molecule has 0 amide bonds. The first-order valence-corrected chi connectivity index (χ1v) is 4.75. The summed E-state index contributed by atoms with van der Waals surface area (Å²) < 4.78 is 39.1. The third-order valence-electron chi connectivity index (χ3n) is 2.24. The smallest absolute Gasteiger partial charge is 0.208 e. The minimum Gasteiger partial charge on any atom is -0.208 e. The second kappa shape index (κ2) is 3.90. The van der Waals surface area contributed by atoms with E-state index in [1.807, 2.05) is 0 Å². The quantitative estimate of drug-likeness (QED) is 0.701. The van der Waals surface area contributed by atoms with Crippen LogP contribution in [0.5, 0.6) is 0 Å². The highest BCUT2D eigenvalue weighted by Crippen LogP contribution is 2.31. The van der Waals surface area contributed by atoms with E-state index in [1.165, 1.54) is 31.2 Å². The number of nitrogens with zero attached hydrogens (tertiary/aromatic N) is 3. The van der Waals surface area contributed by atoms with Gasteiger partial charge in [0.15, 0.2) is 5.69 Å². The first-order valence-electron chi connectivity index (χ1n) is 4.75. The average Bonchev–Trinajstić information content (AvgIpc) is 2.61. The SMILES string of the molecule is [B]c1ccc(-n2nnc(C)c2C(F)(F)F)cc1. The fourth-order valence-corrected chi connectivity index (χ4v) is 1.48. The molecule has 1 aromatic heterocycles. The predicted octanol–water partition coefficient (Wildman–Crippen LogP) is 1.39. The summed E-state index contributed by atoms with van der Waals surface area (Å²) in [6.07, 6.45) is -4.49. The molecule has 0 aliphatic heterocycles. The van der Waals surface area contributed by atoms with E-state index in [0.717, 1.165) is 4.68 Å².